The molecule has 0 fully saturated rings. The second kappa shape index (κ2) is 3.29. The van der Waals surface area contributed by atoms with Crippen molar-refractivity contribution >= 4 is 12.8 Å². The van der Waals surface area contributed by atoms with Gasteiger partial charge in [0, 0.05) is 12.6 Å². The van der Waals surface area contributed by atoms with E-state index in [1.54, 1.807) is 4.31 Å². The van der Waals surface area contributed by atoms with E-state index in [1.165, 1.54) is 0 Å². The van der Waals surface area contributed by atoms with Gasteiger partial charge < -0.3 is 5.73 Å². The van der Waals surface area contributed by atoms with E-state index in [-0.39, 0.29) is 6.04 Å². The highest BCUT2D eigenvalue weighted by Crippen LogP contribution is 1.86. The van der Waals surface area contributed by atoms with Crippen LogP contribution in [0.2, 0.25) is 0 Å². The van der Waals surface area contributed by atoms with Gasteiger partial charge >= 0.3 is 0 Å². The van der Waals surface area contributed by atoms with Crippen molar-refractivity contribution in [2.75, 3.05) is 13.6 Å². The first kappa shape index (κ1) is 7.27. The topological polar surface area (TPSA) is 29.3 Å². The molecule has 7 heavy (non-hydrogen) atoms. The quantitative estimate of drug-likeness (QED) is 0.506. The Bertz CT molecular complexity index is 39.0. The molecule has 0 aromatic carbocycles. The fraction of sp³-hybridized carbons (Fsp3) is 1.00. The molecule has 0 aliphatic carbocycles. The fourth-order valence-electron chi connectivity index (χ4n) is 0.417. The van der Waals surface area contributed by atoms with Crippen molar-refractivity contribution in [2.45, 2.75) is 13.0 Å². The summed E-state index contributed by atoms with van der Waals surface area (Å²) in [7, 11) is 1.88. The lowest BCUT2D eigenvalue weighted by Gasteiger charge is -2.09. The Morgan fingerprint density at radius 3 is 2.29 bits per heavy atom. The molecule has 0 aromatic heterocycles. The molecule has 44 valence electrons. The summed E-state index contributed by atoms with van der Waals surface area (Å²) in [5.74, 6) is 0. The lowest BCUT2D eigenvalue weighted by molar-refractivity contribution is 0.516. The van der Waals surface area contributed by atoms with Crippen LogP contribution in [0.15, 0.2) is 0 Å². The molecule has 0 aliphatic rings. The van der Waals surface area contributed by atoms with E-state index >= 15 is 0 Å². The highest BCUT2D eigenvalue weighted by Gasteiger charge is 1.93. The predicted octanol–water partition coefficient (Wildman–Crippen LogP) is 0.110. The number of nitrogens with zero attached hydrogens (tertiary/aromatic N) is 1. The van der Waals surface area contributed by atoms with E-state index in [9.17, 15) is 0 Å². The summed E-state index contributed by atoms with van der Waals surface area (Å²) >= 11 is 3.99. The monoisotopic (exact) mass is 120 g/mol. The van der Waals surface area contributed by atoms with Crippen LogP contribution in [0.25, 0.3) is 0 Å². The van der Waals surface area contributed by atoms with Crippen LogP contribution in [0.4, 0.5) is 0 Å². The zero-order valence-corrected chi connectivity index (χ0v) is 5.65. The van der Waals surface area contributed by atoms with Crippen molar-refractivity contribution in [1.82, 2.24) is 4.31 Å². The molecule has 0 amide bonds. The average Bonchev–Trinajstić information content (AvgIpc) is 1.27. The Kier molecular flexibility index (Phi) is 3.42. The number of likely N-dealkylation sites (N-methyl/N-ethyl adjacent to an activating group) is 1. The van der Waals surface area contributed by atoms with Crippen LogP contribution in [-0.4, -0.2) is 23.9 Å². The third-order valence-corrected chi connectivity index (χ3v) is 0.716. The maximum absolute atomic E-state index is 5.40. The van der Waals surface area contributed by atoms with Crippen LogP contribution in [0.5, 0.6) is 0 Å². The van der Waals surface area contributed by atoms with Crippen molar-refractivity contribution < 1.29 is 0 Å². The molecule has 2 N–H and O–H groups in total. The lowest BCUT2D eigenvalue weighted by atomic mass is 10.4. The molecule has 0 aromatic rings. The van der Waals surface area contributed by atoms with Gasteiger partial charge in [-0.2, -0.15) is 0 Å². The number of nitrogens with two attached hydrogens (primary N) is 1. The van der Waals surface area contributed by atoms with Gasteiger partial charge in [0.1, 0.15) is 0 Å². The maximum atomic E-state index is 5.40. The van der Waals surface area contributed by atoms with Crippen LogP contribution < -0.4 is 5.73 Å². The van der Waals surface area contributed by atoms with E-state index in [1.807, 2.05) is 14.0 Å². The van der Waals surface area contributed by atoms with Gasteiger partial charge in [-0.1, -0.05) is 12.8 Å². The molecule has 0 saturated heterocycles. The Balaban J connectivity index is 2.95. The first-order chi connectivity index (χ1) is 3.13. The Hall–Kier alpha value is 0.270. The third kappa shape index (κ3) is 6.27. The molecular formula is C4H12N2S. The van der Waals surface area contributed by atoms with Crippen LogP contribution >= 0.6 is 12.8 Å². The minimum absolute atomic E-state index is 0.225. The normalized spacial score (nSPS) is 15.0. The third-order valence-electron chi connectivity index (χ3n) is 0.552. The van der Waals surface area contributed by atoms with Gasteiger partial charge in [-0.05, 0) is 14.0 Å². The summed E-state index contributed by atoms with van der Waals surface area (Å²) < 4.78 is 1.77. The summed E-state index contributed by atoms with van der Waals surface area (Å²) in [5, 5.41) is 0. The first-order valence-corrected chi connectivity index (χ1v) is 2.68. The summed E-state index contributed by atoms with van der Waals surface area (Å²) in [6.45, 7) is 2.79. The van der Waals surface area contributed by atoms with Crippen molar-refractivity contribution in [1.29, 1.82) is 0 Å². The molecule has 1 atom stereocenters. The lowest BCUT2D eigenvalue weighted by Crippen LogP contribution is -2.27. The molecule has 3 heteroatoms. The Labute approximate surface area is 50.2 Å². The highest BCUT2D eigenvalue weighted by molar-refractivity contribution is 7.77. The second-order valence-corrected chi connectivity index (χ2v) is 2.50. The van der Waals surface area contributed by atoms with Crippen LogP contribution in [0, 0.1) is 0 Å². The molecule has 0 radical (unpaired) electrons. The van der Waals surface area contributed by atoms with E-state index in [0.29, 0.717) is 0 Å². The summed E-state index contributed by atoms with van der Waals surface area (Å²) in [6, 6.07) is 0.225. The minimum atomic E-state index is 0.225. The van der Waals surface area contributed by atoms with Gasteiger partial charge in [-0.25, -0.2) is 0 Å². The predicted molar refractivity (Wildman–Crippen MR) is 35.3 cm³/mol. The number of hydrogen-bond donors (Lipinski definition) is 2. The second-order valence-electron chi connectivity index (χ2n) is 1.82. The Morgan fingerprint density at radius 2 is 2.29 bits per heavy atom. The molecule has 0 aliphatic heterocycles. The smallest absolute Gasteiger partial charge is 0.0233 e. The van der Waals surface area contributed by atoms with E-state index in [4.69, 9.17) is 5.73 Å². The molecule has 0 bridgehead atoms. The van der Waals surface area contributed by atoms with Gasteiger partial charge in [0.05, 0.1) is 0 Å². The van der Waals surface area contributed by atoms with Gasteiger partial charge in [0.2, 0.25) is 0 Å². The summed E-state index contributed by atoms with van der Waals surface area (Å²) in [6.07, 6.45) is 0. The SMILES string of the molecule is CC(N)CN(C)S. The minimum Gasteiger partial charge on any atom is -0.327 e. The maximum Gasteiger partial charge on any atom is 0.0233 e. The standard InChI is InChI=1S/C4H12N2S/c1-4(5)3-6(2)7/h4,7H,3,5H2,1-2H3. The van der Waals surface area contributed by atoms with Crippen molar-refractivity contribution in [3.05, 3.63) is 0 Å². The molecule has 0 spiro atoms. The van der Waals surface area contributed by atoms with Gasteiger partial charge in [0.15, 0.2) is 0 Å². The molecule has 0 saturated carbocycles. The summed E-state index contributed by atoms with van der Waals surface area (Å²) in [4.78, 5) is 0. The van der Waals surface area contributed by atoms with Gasteiger partial charge in [-0.3, -0.25) is 4.31 Å². The summed E-state index contributed by atoms with van der Waals surface area (Å²) in [5.41, 5.74) is 5.40. The van der Waals surface area contributed by atoms with Crippen molar-refractivity contribution in [3.8, 4) is 0 Å². The first-order valence-electron chi connectivity index (χ1n) is 2.28. The molecule has 2 nitrogen and oxygen atoms in total. The van der Waals surface area contributed by atoms with Crippen LogP contribution in [-0.2, 0) is 0 Å². The molecule has 0 heterocycles. The molecule has 1 unspecified atom stereocenters. The van der Waals surface area contributed by atoms with E-state index in [2.05, 4.69) is 12.8 Å². The Morgan fingerprint density at radius 1 is 1.86 bits per heavy atom. The molecular weight excluding hydrogens is 108 g/mol. The largest absolute Gasteiger partial charge is 0.327 e. The van der Waals surface area contributed by atoms with Crippen LogP contribution in [0.1, 0.15) is 6.92 Å². The van der Waals surface area contributed by atoms with Crippen LogP contribution in [0.3, 0.4) is 0 Å². The fourth-order valence-corrected chi connectivity index (χ4v) is 0.674. The molecule has 0 rings (SSSR count). The number of thiol groups is 1. The van der Waals surface area contributed by atoms with Gasteiger partial charge in [0.25, 0.3) is 0 Å². The zero-order chi connectivity index (χ0) is 5.86. The number of rotatable bonds is 2. The number of hydrogen-bond acceptors (Lipinski definition) is 3. The van der Waals surface area contributed by atoms with Crippen molar-refractivity contribution in [3.63, 3.8) is 0 Å². The van der Waals surface area contributed by atoms with E-state index in [0.717, 1.165) is 6.54 Å². The van der Waals surface area contributed by atoms with E-state index < -0.39 is 0 Å². The zero-order valence-electron chi connectivity index (χ0n) is 4.76. The highest BCUT2D eigenvalue weighted by atomic mass is 32.1. The van der Waals surface area contributed by atoms with Crippen molar-refractivity contribution in [2.24, 2.45) is 5.73 Å². The average molecular weight is 120 g/mol. The van der Waals surface area contributed by atoms with Gasteiger partial charge in [-0.15, -0.1) is 0 Å².